The van der Waals surface area contributed by atoms with E-state index in [9.17, 15) is 4.79 Å². The van der Waals surface area contributed by atoms with Crippen molar-refractivity contribution >= 4 is 16.9 Å². The first-order valence-electron chi connectivity index (χ1n) is 5.43. The van der Waals surface area contributed by atoms with Crippen LogP contribution in [0.2, 0.25) is 0 Å². The van der Waals surface area contributed by atoms with E-state index in [0.29, 0.717) is 18.7 Å². The molecule has 0 N–H and O–H groups in total. The van der Waals surface area contributed by atoms with Gasteiger partial charge in [0.25, 0.3) is 0 Å². The number of para-hydroxylation sites is 1. The van der Waals surface area contributed by atoms with E-state index in [1.165, 1.54) is 7.11 Å². The van der Waals surface area contributed by atoms with Crippen LogP contribution in [0.3, 0.4) is 0 Å². The number of hydrogen-bond acceptors (Lipinski definition) is 3. The molecule has 2 rings (SSSR count). The Kier molecular flexibility index (Phi) is 3.44. The number of nitrogens with zero attached hydrogens (tertiary/aromatic N) is 1. The molecule has 0 radical (unpaired) electrons. The van der Waals surface area contributed by atoms with Crippen molar-refractivity contribution in [2.45, 2.75) is 6.54 Å². The average molecular weight is 233 g/mol. The molecule has 4 heteroatoms. The molecule has 1 heterocycles. The van der Waals surface area contributed by atoms with E-state index in [4.69, 9.17) is 9.47 Å². The van der Waals surface area contributed by atoms with Crippen LogP contribution in [0, 0.1) is 0 Å². The molecule has 4 nitrogen and oxygen atoms in total. The minimum Gasteiger partial charge on any atom is -0.465 e. The van der Waals surface area contributed by atoms with Crippen molar-refractivity contribution in [3.63, 3.8) is 0 Å². The van der Waals surface area contributed by atoms with E-state index in [1.54, 1.807) is 13.2 Å². The van der Waals surface area contributed by atoms with E-state index in [-0.39, 0.29) is 5.97 Å². The van der Waals surface area contributed by atoms with E-state index >= 15 is 0 Å². The van der Waals surface area contributed by atoms with Crippen LogP contribution >= 0.6 is 0 Å². The Labute approximate surface area is 99.7 Å². The molecule has 0 saturated carbocycles. The smallest absolute Gasteiger partial charge is 0.340 e. The van der Waals surface area contributed by atoms with Gasteiger partial charge in [0.15, 0.2) is 0 Å². The second kappa shape index (κ2) is 5.01. The quantitative estimate of drug-likeness (QED) is 0.759. The summed E-state index contributed by atoms with van der Waals surface area (Å²) in [5.74, 6) is -0.312. The van der Waals surface area contributed by atoms with Gasteiger partial charge < -0.3 is 14.0 Å². The fraction of sp³-hybridized carbons (Fsp3) is 0.308. The molecule has 1 aromatic heterocycles. The largest absolute Gasteiger partial charge is 0.465 e. The van der Waals surface area contributed by atoms with Crippen LogP contribution in [-0.2, 0) is 16.0 Å². The molecular formula is C13H15NO3. The molecule has 17 heavy (non-hydrogen) atoms. The maximum absolute atomic E-state index is 11.7. The Morgan fingerprint density at radius 3 is 2.82 bits per heavy atom. The number of rotatable bonds is 4. The van der Waals surface area contributed by atoms with Crippen molar-refractivity contribution in [3.8, 4) is 0 Å². The molecule has 0 atom stereocenters. The van der Waals surface area contributed by atoms with Gasteiger partial charge in [-0.3, -0.25) is 0 Å². The maximum Gasteiger partial charge on any atom is 0.340 e. The molecule has 1 aromatic carbocycles. The summed E-state index contributed by atoms with van der Waals surface area (Å²) < 4.78 is 11.8. The highest BCUT2D eigenvalue weighted by Gasteiger charge is 2.13. The molecule has 0 bridgehead atoms. The molecular weight excluding hydrogens is 218 g/mol. The molecule has 0 aliphatic rings. The summed E-state index contributed by atoms with van der Waals surface area (Å²) in [6.07, 6.45) is 1.95. The number of esters is 1. The SMILES string of the molecule is COCCn1ccc2cccc(C(=O)OC)c21. The van der Waals surface area contributed by atoms with Gasteiger partial charge in [0.2, 0.25) is 0 Å². The lowest BCUT2D eigenvalue weighted by molar-refractivity contribution is 0.0602. The zero-order chi connectivity index (χ0) is 12.3. The third-order valence-corrected chi connectivity index (χ3v) is 2.73. The first-order valence-corrected chi connectivity index (χ1v) is 5.43. The van der Waals surface area contributed by atoms with Crippen molar-refractivity contribution in [1.82, 2.24) is 4.57 Å². The van der Waals surface area contributed by atoms with Gasteiger partial charge in [0.1, 0.15) is 0 Å². The van der Waals surface area contributed by atoms with Gasteiger partial charge in [-0.25, -0.2) is 4.79 Å². The van der Waals surface area contributed by atoms with Gasteiger partial charge in [-0.2, -0.15) is 0 Å². The minimum atomic E-state index is -0.312. The summed E-state index contributed by atoms with van der Waals surface area (Å²) in [6.45, 7) is 1.33. The Morgan fingerprint density at radius 1 is 1.29 bits per heavy atom. The summed E-state index contributed by atoms with van der Waals surface area (Å²) in [5.41, 5.74) is 1.49. The zero-order valence-electron chi connectivity index (χ0n) is 9.97. The molecule has 0 unspecified atom stereocenters. The molecule has 0 fully saturated rings. The number of aromatic nitrogens is 1. The third kappa shape index (κ3) is 2.17. The van der Waals surface area contributed by atoms with E-state index in [2.05, 4.69) is 0 Å². The Bertz CT molecular complexity index is 530. The number of carbonyl (C=O) groups excluding carboxylic acids is 1. The molecule has 0 aliphatic carbocycles. The van der Waals surface area contributed by atoms with Crippen LogP contribution in [0.25, 0.3) is 10.9 Å². The Balaban J connectivity index is 2.51. The predicted molar refractivity (Wildman–Crippen MR) is 65.2 cm³/mol. The highest BCUT2D eigenvalue weighted by atomic mass is 16.5. The second-order valence-electron chi connectivity index (χ2n) is 3.74. The highest BCUT2D eigenvalue weighted by molar-refractivity contribution is 6.03. The van der Waals surface area contributed by atoms with Crippen LogP contribution in [0.1, 0.15) is 10.4 Å². The van der Waals surface area contributed by atoms with Crippen LogP contribution in [0.15, 0.2) is 30.5 Å². The molecule has 0 aliphatic heterocycles. The van der Waals surface area contributed by atoms with E-state index in [0.717, 1.165) is 10.9 Å². The van der Waals surface area contributed by atoms with Gasteiger partial charge in [-0.05, 0) is 12.1 Å². The van der Waals surface area contributed by atoms with Gasteiger partial charge in [0, 0.05) is 25.2 Å². The Hall–Kier alpha value is -1.81. The van der Waals surface area contributed by atoms with Crippen molar-refractivity contribution in [2.24, 2.45) is 0 Å². The third-order valence-electron chi connectivity index (χ3n) is 2.73. The monoisotopic (exact) mass is 233 g/mol. The van der Waals surface area contributed by atoms with Gasteiger partial charge in [-0.1, -0.05) is 12.1 Å². The fourth-order valence-electron chi connectivity index (χ4n) is 1.91. The number of hydrogen-bond donors (Lipinski definition) is 0. The first kappa shape index (κ1) is 11.7. The van der Waals surface area contributed by atoms with Gasteiger partial charge in [0.05, 0.1) is 24.8 Å². The van der Waals surface area contributed by atoms with E-state index in [1.807, 2.05) is 29.0 Å². The lowest BCUT2D eigenvalue weighted by atomic mass is 10.1. The zero-order valence-corrected chi connectivity index (χ0v) is 9.97. The molecule has 2 aromatic rings. The highest BCUT2D eigenvalue weighted by Crippen LogP contribution is 2.21. The van der Waals surface area contributed by atoms with Crippen LogP contribution in [-0.4, -0.2) is 31.4 Å². The lowest BCUT2D eigenvalue weighted by Gasteiger charge is -2.08. The number of benzene rings is 1. The van der Waals surface area contributed by atoms with Crippen molar-refractivity contribution < 1.29 is 14.3 Å². The molecule has 0 saturated heterocycles. The lowest BCUT2D eigenvalue weighted by Crippen LogP contribution is -2.08. The summed E-state index contributed by atoms with van der Waals surface area (Å²) in [5, 5.41) is 1.03. The average Bonchev–Trinajstić information content (AvgIpc) is 2.78. The number of fused-ring (bicyclic) bond motifs is 1. The molecule has 90 valence electrons. The number of carbonyl (C=O) groups is 1. The van der Waals surface area contributed by atoms with E-state index < -0.39 is 0 Å². The molecule has 0 spiro atoms. The fourth-order valence-corrected chi connectivity index (χ4v) is 1.91. The van der Waals surface area contributed by atoms with Crippen LogP contribution in [0.4, 0.5) is 0 Å². The summed E-state index contributed by atoms with van der Waals surface area (Å²) in [6, 6.07) is 7.59. The molecule has 0 amide bonds. The van der Waals surface area contributed by atoms with Gasteiger partial charge in [-0.15, -0.1) is 0 Å². The Morgan fingerprint density at radius 2 is 2.12 bits per heavy atom. The second-order valence-corrected chi connectivity index (χ2v) is 3.74. The normalized spacial score (nSPS) is 10.7. The summed E-state index contributed by atoms with van der Waals surface area (Å²) in [4.78, 5) is 11.7. The maximum atomic E-state index is 11.7. The number of methoxy groups -OCH3 is 2. The van der Waals surface area contributed by atoms with Crippen molar-refractivity contribution in [1.29, 1.82) is 0 Å². The van der Waals surface area contributed by atoms with Crippen LogP contribution in [0.5, 0.6) is 0 Å². The predicted octanol–water partition coefficient (Wildman–Crippen LogP) is 2.07. The minimum absolute atomic E-state index is 0.312. The standard InChI is InChI=1S/C13H15NO3/c1-16-9-8-14-7-6-10-4-3-5-11(12(10)14)13(15)17-2/h3-7H,8-9H2,1-2H3. The van der Waals surface area contributed by atoms with Crippen molar-refractivity contribution in [3.05, 3.63) is 36.0 Å². The van der Waals surface area contributed by atoms with Crippen LogP contribution < -0.4 is 0 Å². The van der Waals surface area contributed by atoms with Crippen molar-refractivity contribution in [2.75, 3.05) is 20.8 Å². The summed E-state index contributed by atoms with van der Waals surface area (Å²) >= 11 is 0. The summed E-state index contributed by atoms with van der Waals surface area (Å²) in [7, 11) is 3.05. The number of ether oxygens (including phenoxy) is 2. The van der Waals surface area contributed by atoms with Gasteiger partial charge >= 0.3 is 5.97 Å². The topological polar surface area (TPSA) is 40.5 Å². The first-order chi connectivity index (χ1) is 8.27.